The lowest BCUT2D eigenvalue weighted by Crippen LogP contribution is -2.55. The molecule has 2 aliphatic heterocycles. The van der Waals surface area contributed by atoms with E-state index in [1.165, 1.54) is 19.4 Å². The van der Waals surface area contributed by atoms with Crippen LogP contribution in [0.2, 0.25) is 0 Å². The highest BCUT2D eigenvalue weighted by molar-refractivity contribution is 5.91. The molecular formula is C13H23N7O. The van der Waals surface area contributed by atoms with Crippen molar-refractivity contribution in [2.75, 3.05) is 26.2 Å². The Morgan fingerprint density at radius 2 is 2.33 bits per heavy atom. The van der Waals surface area contributed by atoms with E-state index in [1.807, 2.05) is 0 Å². The van der Waals surface area contributed by atoms with Crippen molar-refractivity contribution in [3.8, 4) is 0 Å². The van der Waals surface area contributed by atoms with Crippen LogP contribution in [0.25, 0.3) is 0 Å². The topological polar surface area (TPSA) is 92.3 Å². The Morgan fingerprint density at radius 3 is 3.14 bits per heavy atom. The first-order valence-electron chi connectivity index (χ1n) is 7.56. The SMILES string of the molecule is CC1CN2CCCC2CN1CCn1cc(C(=O)NN)nn1. The zero-order valence-electron chi connectivity index (χ0n) is 12.4. The lowest BCUT2D eigenvalue weighted by Gasteiger charge is -2.42. The molecule has 3 heterocycles. The Morgan fingerprint density at radius 1 is 1.48 bits per heavy atom. The van der Waals surface area contributed by atoms with Crippen LogP contribution >= 0.6 is 0 Å². The summed E-state index contributed by atoms with van der Waals surface area (Å²) in [6.45, 7) is 7.49. The van der Waals surface area contributed by atoms with E-state index in [-0.39, 0.29) is 5.69 Å². The van der Waals surface area contributed by atoms with Crippen LogP contribution in [0.15, 0.2) is 6.20 Å². The number of hydrogen-bond donors (Lipinski definition) is 2. The molecule has 2 saturated heterocycles. The fourth-order valence-electron chi connectivity index (χ4n) is 3.38. The fourth-order valence-corrected chi connectivity index (χ4v) is 3.38. The Hall–Kier alpha value is -1.51. The molecular weight excluding hydrogens is 270 g/mol. The highest BCUT2D eigenvalue weighted by Gasteiger charge is 2.33. The van der Waals surface area contributed by atoms with Gasteiger partial charge in [-0.25, -0.2) is 5.84 Å². The Balaban J connectivity index is 1.54. The average Bonchev–Trinajstić information content (AvgIpc) is 3.12. The zero-order valence-corrected chi connectivity index (χ0v) is 12.4. The molecule has 8 nitrogen and oxygen atoms in total. The van der Waals surface area contributed by atoms with Gasteiger partial charge in [0, 0.05) is 31.7 Å². The van der Waals surface area contributed by atoms with Crippen molar-refractivity contribution in [1.29, 1.82) is 0 Å². The second kappa shape index (κ2) is 6.08. The number of nitrogens with two attached hydrogens (primary N) is 1. The van der Waals surface area contributed by atoms with Gasteiger partial charge in [0.2, 0.25) is 0 Å². The van der Waals surface area contributed by atoms with E-state index in [4.69, 9.17) is 5.84 Å². The molecule has 21 heavy (non-hydrogen) atoms. The molecule has 1 aromatic rings. The third-order valence-corrected chi connectivity index (χ3v) is 4.59. The van der Waals surface area contributed by atoms with Crippen LogP contribution in [0.3, 0.4) is 0 Å². The van der Waals surface area contributed by atoms with Crippen LogP contribution in [0, 0.1) is 0 Å². The van der Waals surface area contributed by atoms with E-state index < -0.39 is 5.91 Å². The number of nitrogens with zero attached hydrogens (tertiary/aromatic N) is 5. The number of nitrogen functional groups attached to an aromatic ring is 1. The number of hydrogen-bond acceptors (Lipinski definition) is 6. The summed E-state index contributed by atoms with van der Waals surface area (Å²) in [5.41, 5.74) is 2.32. The van der Waals surface area contributed by atoms with Crippen molar-refractivity contribution in [2.24, 2.45) is 5.84 Å². The summed E-state index contributed by atoms with van der Waals surface area (Å²) in [5, 5.41) is 7.79. The van der Waals surface area contributed by atoms with Crippen LogP contribution in [0.4, 0.5) is 0 Å². The number of carbonyl (C=O) groups is 1. The molecule has 0 radical (unpaired) electrons. The Labute approximate surface area is 124 Å². The predicted molar refractivity (Wildman–Crippen MR) is 77.3 cm³/mol. The summed E-state index contributed by atoms with van der Waals surface area (Å²) in [7, 11) is 0. The second-order valence-corrected chi connectivity index (χ2v) is 5.98. The summed E-state index contributed by atoms with van der Waals surface area (Å²) in [6, 6.07) is 1.28. The van der Waals surface area contributed by atoms with Crippen molar-refractivity contribution in [3.63, 3.8) is 0 Å². The minimum Gasteiger partial charge on any atom is -0.298 e. The van der Waals surface area contributed by atoms with Crippen LogP contribution in [0.5, 0.6) is 0 Å². The lowest BCUT2D eigenvalue weighted by atomic mass is 10.1. The van der Waals surface area contributed by atoms with Gasteiger partial charge in [-0.15, -0.1) is 5.10 Å². The molecule has 0 saturated carbocycles. The quantitative estimate of drug-likeness (QED) is 0.422. The number of carbonyl (C=O) groups excluding carboxylic acids is 1. The van der Waals surface area contributed by atoms with E-state index in [0.29, 0.717) is 6.04 Å². The molecule has 1 amide bonds. The number of hydrazine groups is 1. The highest BCUT2D eigenvalue weighted by atomic mass is 16.2. The van der Waals surface area contributed by atoms with Gasteiger partial charge in [0.05, 0.1) is 12.7 Å². The molecule has 0 spiro atoms. The first-order valence-corrected chi connectivity index (χ1v) is 7.56. The standard InChI is InChI=1S/C13H23N7O/c1-10-7-19-4-2-3-11(19)8-18(10)5-6-20-9-12(16-17-20)13(21)15-14/h9-11H,2-8,14H2,1H3,(H,15,21). The first kappa shape index (κ1) is 14.4. The molecule has 2 unspecified atom stereocenters. The summed E-state index contributed by atoms with van der Waals surface area (Å²) in [5.74, 6) is 4.67. The number of amides is 1. The maximum Gasteiger partial charge on any atom is 0.287 e. The average molecular weight is 293 g/mol. The first-order chi connectivity index (χ1) is 10.2. The van der Waals surface area contributed by atoms with Crippen molar-refractivity contribution < 1.29 is 4.79 Å². The van der Waals surface area contributed by atoms with E-state index in [0.717, 1.165) is 32.2 Å². The molecule has 3 rings (SSSR count). The molecule has 8 heteroatoms. The third kappa shape index (κ3) is 3.07. The van der Waals surface area contributed by atoms with Gasteiger partial charge in [0.25, 0.3) is 5.91 Å². The predicted octanol–water partition coefficient (Wildman–Crippen LogP) is -0.950. The molecule has 0 bridgehead atoms. The Bertz CT molecular complexity index is 502. The summed E-state index contributed by atoms with van der Waals surface area (Å²) < 4.78 is 1.71. The zero-order chi connectivity index (χ0) is 14.8. The van der Waals surface area contributed by atoms with E-state index in [9.17, 15) is 4.79 Å². The van der Waals surface area contributed by atoms with E-state index in [1.54, 1.807) is 10.9 Å². The van der Waals surface area contributed by atoms with Gasteiger partial charge >= 0.3 is 0 Å². The summed E-state index contributed by atoms with van der Waals surface area (Å²) in [6.07, 6.45) is 4.28. The van der Waals surface area contributed by atoms with Gasteiger partial charge in [-0.3, -0.25) is 24.7 Å². The molecule has 2 aliphatic rings. The molecule has 0 aromatic carbocycles. The van der Waals surface area contributed by atoms with Crippen molar-refractivity contribution in [2.45, 2.75) is 38.4 Å². The molecule has 3 N–H and O–H groups in total. The summed E-state index contributed by atoms with van der Waals surface area (Å²) in [4.78, 5) is 16.5. The normalized spacial score (nSPS) is 26.8. The number of rotatable bonds is 4. The van der Waals surface area contributed by atoms with E-state index >= 15 is 0 Å². The van der Waals surface area contributed by atoms with Gasteiger partial charge in [0.15, 0.2) is 5.69 Å². The maximum atomic E-state index is 11.3. The van der Waals surface area contributed by atoms with E-state index in [2.05, 4.69) is 32.5 Å². The van der Waals surface area contributed by atoms with Crippen LogP contribution in [-0.2, 0) is 6.54 Å². The fraction of sp³-hybridized carbons (Fsp3) is 0.769. The molecule has 2 atom stereocenters. The van der Waals surface area contributed by atoms with Gasteiger partial charge in [-0.1, -0.05) is 5.21 Å². The smallest absolute Gasteiger partial charge is 0.287 e. The van der Waals surface area contributed by atoms with Gasteiger partial charge in [0.1, 0.15) is 0 Å². The largest absolute Gasteiger partial charge is 0.298 e. The van der Waals surface area contributed by atoms with Crippen LogP contribution in [0.1, 0.15) is 30.3 Å². The van der Waals surface area contributed by atoms with Crippen molar-refractivity contribution in [3.05, 3.63) is 11.9 Å². The summed E-state index contributed by atoms with van der Waals surface area (Å²) >= 11 is 0. The van der Waals surface area contributed by atoms with Gasteiger partial charge in [-0.2, -0.15) is 0 Å². The third-order valence-electron chi connectivity index (χ3n) is 4.59. The maximum absolute atomic E-state index is 11.3. The monoisotopic (exact) mass is 293 g/mol. The lowest BCUT2D eigenvalue weighted by molar-refractivity contribution is 0.0563. The van der Waals surface area contributed by atoms with Gasteiger partial charge in [-0.05, 0) is 26.3 Å². The number of aromatic nitrogens is 3. The van der Waals surface area contributed by atoms with Crippen LogP contribution < -0.4 is 11.3 Å². The minimum absolute atomic E-state index is 0.256. The number of nitrogens with one attached hydrogen (secondary N) is 1. The molecule has 1 aromatic heterocycles. The molecule has 0 aliphatic carbocycles. The number of piperazine rings is 1. The van der Waals surface area contributed by atoms with Crippen LogP contribution in [-0.4, -0.2) is 69.0 Å². The van der Waals surface area contributed by atoms with Crippen molar-refractivity contribution >= 4 is 5.91 Å². The minimum atomic E-state index is -0.408. The number of fused-ring (bicyclic) bond motifs is 1. The molecule has 116 valence electrons. The second-order valence-electron chi connectivity index (χ2n) is 5.98. The highest BCUT2D eigenvalue weighted by Crippen LogP contribution is 2.24. The van der Waals surface area contributed by atoms with Gasteiger partial charge < -0.3 is 0 Å². The Kier molecular flexibility index (Phi) is 4.18. The molecule has 2 fully saturated rings. The van der Waals surface area contributed by atoms with Crippen molar-refractivity contribution in [1.82, 2.24) is 30.2 Å².